The zero-order chi connectivity index (χ0) is 40.3. The number of rotatable bonds is 22. The Morgan fingerprint density at radius 3 is 2.42 bits per heavy atom. The molecule has 0 radical (unpaired) electrons. The molecule has 0 amide bonds. The number of aromatic nitrogens is 1. The first-order valence-electron chi connectivity index (χ1n) is 19.9. The lowest BCUT2D eigenvalue weighted by Crippen LogP contribution is -2.49. The number of alkyl halides is 1. The third-order valence-electron chi connectivity index (χ3n) is 11.5. The second kappa shape index (κ2) is 20.7. The number of hydrogen-bond donors (Lipinski definition) is 0. The molecule has 4 rings (SSSR count). The van der Waals surface area contributed by atoms with E-state index in [2.05, 4.69) is 53.2 Å². The molecule has 0 spiro atoms. The van der Waals surface area contributed by atoms with Gasteiger partial charge in [0.25, 0.3) is 0 Å². The van der Waals surface area contributed by atoms with Crippen molar-refractivity contribution in [1.82, 2.24) is 4.98 Å². The number of thioether (sulfide) groups is 1. The van der Waals surface area contributed by atoms with E-state index in [0.29, 0.717) is 31.0 Å². The van der Waals surface area contributed by atoms with Crippen LogP contribution in [-0.4, -0.2) is 75.9 Å². The predicted molar refractivity (Wildman–Crippen MR) is 227 cm³/mol. The van der Waals surface area contributed by atoms with E-state index in [0.717, 1.165) is 61.9 Å². The molecule has 1 aromatic heterocycles. The summed E-state index contributed by atoms with van der Waals surface area (Å²) in [5, 5.41) is -0.623. The van der Waals surface area contributed by atoms with Crippen LogP contribution in [0.25, 0.3) is 0 Å². The number of Topliss-reactive ketones (excluding diaryl/α,β-unsaturated/α-hetero) is 1. The molecule has 2 heterocycles. The van der Waals surface area contributed by atoms with E-state index in [1.54, 1.807) is 40.5 Å². The van der Waals surface area contributed by atoms with Gasteiger partial charge >= 0.3 is 11.9 Å². The molecule has 10 nitrogen and oxygen atoms in total. The zero-order valence-corrected chi connectivity index (χ0v) is 37.3. The van der Waals surface area contributed by atoms with E-state index in [4.69, 9.17) is 23.7 Å². The third-order valence-corrected chi connectivity index (χ3v) is 14.2. The van der Waals surface area contributed by atoms with E-state index < -0.39 is 32.8 Å². The highest BCUT2D eigenvalue weighted by molar-refractivity contribution is 14.1. The van der Waals surface area contributed by atoms with Gasteiger partial charge in [0.05, 0.1) is 24.7 Å². The summed E-state index contributed by atoms with van der Waals surface area (Å²) < 4.78 is 29.4. The van der Waals surface area contributed by atoms with Crippen LogP contribution in [0, 0.1) is 23.7 Å². The van der Waals surface area contributed by atoms with Gasteiger partial charge in [-0.25, -0.2) is 0 Å². The second-order valence-electron chi connectivity index (χ2n) is 16.1. The number of ether oxygens (including phenoxy) is 5. The normalized spacial score (nSPS) is 23.3. The van der Waals surface area contributed by atoms with Crippen molar-refractivity contribution in [2.75, 3.05) is 31.4 Å². The summed E-state index contributed by atoms with van der Waals surface area (Å²) in [6.45, 7) is 14.7. The fraction of sp³-hybridized carbons (Fsp3) is 0.674. The fourth-order valence-corrected chi connectivity index (χ4v) is 10.6. The van der Waals surface area contributed by atoms with Gasteiger partial charge in [-0.15, -0.1) is 11.8 Å². The number of methoxy groups -OCH3 is 2. The first-order valence-corrected chi connectivity index (χ1v) is 22.2. The number of anilines is 1. The van der Waals surface area contributed by atoms with Crippen molar-refractivity contribution < 1.29 is 38.1 Å². The van der Waals surface area contributed by atoms with Gasteiger partial charge in [-0.1, -0.05) is 34.1 Å². The second-order valence-corrected chi connectivity index (χ2v) is 18.4. The average molecular weight is 895 g/mol. The molecule has 2 aromatic rings. The third kappa shape index (κ3) is 12.0. The molecule has 8 atom stereocenters. The molecular formula is C43H63IN2O8S. The van der Waals surface area contributed by atoms with Gasteiger partial charge in [0.15, 0.2) is 21.2 Å². The molecule has 306 valence electrons. The van der Waals surface area contributed by atoms with Crippen molar-refractivity contribution in [3.8, 4) is 11.5 Å². The van der Waals surface area contributed by atoms with Crippen LogP contribution in [0.5, 0.6) is 11.5 Å². The predicted octanol–water partition coefficient (Wildman–Crippen LogP) is 9.24. The maximum absolute atomic E-state index is 13.8. The van der Waals surface area contributed by atoms with Gasteiger partial charge < -0.3 is 28.6 Å². The number of carbonyl (C=O) groups excluding carboxylic acids is 3. The zero-order valence-electron chi connectivity index (χ0n) is 34.3. The summed E-state index contributed by atoms with van der Waals surface area (Å²) in [4.78, 5) is 46.7. The maximum atomic E-state index is 13.8. The first-order chi connectivity index (χ1) is 26.1. The van der Waals surface area contributed by atoms with Crippen LogP contribution in [0.15, 0.2) is 42.7 Å². The number of nitrogens with zero attached hydrogens (tertiary/aromatic N) is 2. The molecule has 1 aliphatic carbocycles. The lowest BCUT2D eigenvalue weighted by molar-refractivity contribution is -0.169. The van der Waals surface area contributed by atoms with Crippen LogP contribution >= 0.6 is 34.4 Å². The van der Waals surface area contributed by atoms with E-state index in [1.165, 1.54) is 11.8 Å². The van der Waals surface area contributed by atoms with Gasteiger partial charge in [-0.3, -0.25) is 19.4 Å². The molecule has 12 heteroatoms. The fourth-order valence-electron chi connectivity index (χ4n) is 8.28. The Hall–Kier alpha value is -2.58. The lowest BCUT2D eigenvalue weighted by Gasteiger charge is -2.37. The molecule has 1 aromatic carbocycles. The summed E-state index contributed by atoms with van der Waals surface area (Å²) in [6.07, 6.45) is 11.6. The number of halogens is 1. The molecule has 1 saturated heterocycles. The molecule has 2 fully saturated rings. The van der Waals surface area contributed by atoms with Crippen LogP contribution in [-0.2, 0) is 35.1 Å². The van der Waals surface area contributed by atoms with E-state index in [9.17, 15) is 14.4 Å². The van der Waals surface area contributed by atoms with Crippen molar-refractivity contribution in [1.29, 1.82) is 0 Å². The SMILES string of the molecule is CCC[C@](C)(C[C@@H](C)C[C@@H](C)C(=O)O[C@H](I)[C@@]1(C)OC(=O)C(SCCN(Cc2ccncc2)c2ccc(OC)c(OC3CCCC3)c2)[C@@H]1[C@@H](C)C(C)=O)OC. The quantitative estimate of drug-likeness (QED) is 0.0641. The van der Waals surface area contributed by atoms with Crippen LogP contribution in [0.3, 0.4) is 0 Å². The van der Waals surface area contributed by atoms with Gasteiger partial charge in [-0.2, -0.15) is 0 Å². The Kier molecular flexibility index (Phi) is 17.0. The van der Waals surface area contributed by atoms with E-state index in [-0.39, 0.29) is 35.3 Å². The highest BCUT2D eigenvalue weighted by Crippen LogP contribution is 2.48. The minimum Gasteiger partial charge on any atom is -0.493 e. The Morgan fingerprint density at radius 2 is 1.80 bits per heavy atom. The summed E-state index contributed by atoms with van der Waals surface area (Å²) in [5.74, 6) is 0.0788. The Bertz CT molecular complexity index is 1560. The molecule has 55 heavy (non-hydrogen) atoms. The monoisotopic (exact) mass is 894 g/mol. The average Bonchev–Trinajstić information content (AvgIpc) is 3.76. The number of benzene rings is 1. The Morgan fingerprint density at radius 1 is 1.11 bits per heavy atom. The number of ketones is 1. The largest absolute Gasteiger partial charge is 0.493 e. The smallest absolute Gasteiger partial charge is 0.320 e. The number of pyridine rings is 1. The van der Waals surface area contributed by atoms with Crippen LogP contribution in [0.1, 0.15) is 105 Å². The highest BCUT2D eigenvalue weighted by Gasteiger charge is 2.60. The topological polar surface area (TPSA) is 113 Å². The van der Waals surface area contributed by atoms with Gasteiger partial charge in [0.2, 0.25) is 0 Å². The number of esters is 2. The van der Waals surface area contributed by atoms with Crippen LogP contribution in [0.2, 0.25) is 0 Å². The van der Waals surface area contributed by atoms with Crippen LogP contribution < -0.4 is 14.4 Å². The number of carbonyl (C=O) groups is 3. The lowest BCUT2D eigenvalue weighted by atomic mass is 9.78. The van der Waals surface area contributed by atoms with Crippen molar-refractivity contribution in [2.45, 2.75) is 133 Å². The number of cyclic esters (lactones) is 1. The molecule has 2 aliphatic rings. The van der Waals surface area contributed by atoms with Gasteiger partial charge in [0.1, 0.15) is 11.0 Å². The Labute approximate surface area is 347 Å². The molecular weight excluding hydrogens is 831 g/mol. The summed E-state index contributed by atoms with van der Waals surface area (Å²) in [5.41, 5.74) is 0.626. The minimum absolute atomic E-state index is 0.0437. The standard InChI is InChI=1S/C43H63IN2O8S/c1-10-19-42(6,51-9)26-28(2)24-29(3)39(48)53-41(44)43(7)37(30(4)31(5)47)38(40(49)54-43)55-23-22-46(27-32-17-20-45-21-18-32)33-15-16-35(50-8)36(25-33)52-34-13-11-12-14-34/h15-18,20-21,25,28-30,34,37-38,41H,10-14,19,22-24,26-27H2,1-9H3/t28-,29+,30-,37-,38?,41-,42+,43-/m0/s1. The molecule has 0 bridgehead atoms. The molecule has 1 unspecified atom stereocenters. The van der Waals surface area contributed by atoms with Crippen LogP contribution in [0.4, 0.5) is 5.69 Å². The summed E-state index contributed by atoms with van der Waals surface area (Å²) in [7, 11) is 3.40. The first kappa shape index (κ1) is 45.1. The molecule has 0 N–H and O–H groups in total. The molecule has 1 saturated carbocycles. The minimum atomic E-state index is -1.20. The maximum Gasteiger partial charge on any atom is 0.320 e. The summed E-state index contributed by atoms with van der Waals surface area (Å²) in [6, 6.07) is 10.0. The Balaban J connectivity index is 1.49. The van der Waals surface area contributed by atoms with Crippen molar-refractivity contribution in [3.63, 3.8) is 0 Å². The van der Waals surface area contributed by atoms with Crippen molar-refractivity contribution in [2.24, 2.45) is 23.7 Å². The number of hydrogen-bond acceptors (Lipinski definition) is 11. The van der Waals surface area contributed by atoms with E-state index >= 15 is 0 Å². The van der Waals surface area contributed by atoms with Gasteiger partial charge in [-0.05, 0) is 124 Å². The highest BCUT2D eigenvalue weighted by atomic mass is 127. The van der Waals surface area contributed by atoms with E-state index in [1.807, 2.05) is 44.2 Å². The molecule has 1 aliphatic heterocycles. The van der Waals surface area contributed by atoms with Gasteiger partial charge in [0, 0.05) is 61.9 Å². The van der Waals surface area contributed by atoms with Crippen molar-refractivity contribution >= 4 is 57.8 Å². The van der Waals surface area contributed by atoms with Crippen molar-refractivity contribution in [3.05, 3.63) is 48.3 Å². The summed E-state index contributed by atoms with van der Waals surface area (Å²) >= 11 is 3.56.